The van der Waals surface area contributed by atoms with Crippen LogP contribution in [-0.2, 0) is 16.6 Å². The van der Waals surface area contributed by atoms with E-state index in [-0.39, 0.29) is 23.0 Å². The molecule has 1 fully saturated rings. The number of likely N-dealkylation sites (tertiary alicyclic amines) is 1. The van der Waals surface area contributed by atoms with Crippen LogP contribution in [0.2, 0.25) is 0 Å². The molecule has 21 heavy (non-hydrogen) atoms. The van der Waals surface area contributed by atoms with Crippen LogP contribution in [-0.4, -0.2) is 39.5 Å². The van der Waals surface area contributed by atoms with Crippen LogP contribution >= 0.6 is 0 Å². The molecule has 0 aliphatic carbocycles. The average molecular weight is 315 g/mol. The lowest BCUT2D eigenvalue weighted by Crippen LogP contribution is -2.46. The number of sulfonamides is 1. The second-order valence-electron chi connectivity index (χ2n) is 5.63. The van der Waals surface area contributed by atoms with Gasteiger partial charge in [0.1, 0.15) is 5.82 Å². The first-order valence-electron chi connectivity index (χ1n) is 7.03. The van der Waals surface area contributed by atoms with Crippen LogP contribution in [0.4, 0.5) is 4.39 Å². The van der Waals surface area contributed by atoms with Crippen molar-refractivity contribution in [2.24, 2.45) is 5.73 Å². The smallest absolute Gasteiger partial charge is 0.241 e. The molecule has 1 saturated heterocycles. The van der Waals surface area contributed by atoms with Crippen LogP contribution in [0.3, 0.4) is 0 Å². The zero-order chi connectivity index (χ0) is 15.6. The standard InChI is InChI=1S/C14H22FN3O2S/c1-10-13(15)6-11(8-16)7-14(10)21(19,20)17-12-4-3-5-18(2)9-12/h6-7,12,17H,3-5,8-9,16H2,1-2H3. The minimum atomic E-state index is -3.74. The highest BCUT2D eigenvalue weighted by Crippen LogP contribution is 2.21. The molecule has 0 saturated carbocycles. The number of nitrogens with zero attached hydrogens (tertiary/aromatic N) is 1. The third-order valence-corrected chi connectivity index (χ3v) is 5.47. The molecule has 0 radical (unpaired) electrons. The van der Waals surface area contributed by atoms with Crippen LogP contribution < -0.4 is 10.5 Å². The molecule has 118 valence electrons. The van der Waals surface area contributed by atoms with E-state index in [0.29, 0.717) is 12.1 Å². The van der Waals surface area contributed by atoms with Gasteiger partial charge in [0.15, 0.2) is 0 Å². The van der Waals surface area contributed by atoms with Crippen LogP contribution in [0.5, 0.6) is 0 Å². The maximum absolute atomic E-state index is 13.8. The Morgan fingerprint density at radius 3 is 2.81 bits per heavy atom. The summed E-state index contributed by atoms with van der Waals surface area (Å²) in [6.45, 7) is 3.20. The Morgan fingerprint density at radius 2 is 2.19 bits per heavy atom. The summed E-state index contributed by atoms with van der Waals surface area (Å²) in [6, 6.07) is 2.59. The summed E-state index contributed by atoms with van der Waals surface area (Å²) in [4.78, 5) is 2.07. The van der Waals surface area contributed by atoms with E-state index < -0.39 is 15.8 Å². The van der Waals surface area contributed by atoms with Gasteiger partial charge in [0.2, 0.25) is 10.0 Å². The highest BCUT2D eigenvalue weighted by atomic mass is 32.2. The summed E-state index contributed by atoms with van der Waals surface area (Å²) in [5, 5.41) is 0. The van der Waals surface area contributed by atoms with E-state index >= 15 is 0 Å². The van der Waals surface area contributed by atoms with Crippen LogP contribution in [0.15, 0.2) is 17.0 Å². The van der Waals surface area contributed by atoms with Crippen molar-refractivity contribution in [1.82, 2.24) is 9.62 Å². The summed E-state index contributed by atoms with van der Waals surface area (Å²) in [5.41, 5.74) is 6.09. The topological polar surface area (TPSA) is 75.4 Å². The molecular formula is C14H22FN3O2S. The van der Waals surface area contributed by atoms with E-state index in [9.17, 15) is 12.8 Å². The van der Waals surface area contributed by atoms with Crippen molar-refractivity contribution in [1.29, 1.82) is 0 Å². The second kappa shape index (κ2) is 6.39. The Kier molecular flexibility index (Phi) is 4.98. The highest BCUT2D eigenvalue weighted by Gasteiger charge is 2.26. The lowest BCUT2D eigenvalue weighted by atomic mass is 10.1. The van der Waals surface area contributed by atoms with Crippen molar-refractivity contribution >= 4 is 10.0 Å². The molecule has 1 aliphatic rings. The number of piperidine rings is 1. The molecule has 1 unspecified atom stereocenters. The number of nitrogens with one attached hydrogen (secondary N) is 1. The Balaban J connectivity index is 2.29. The van der Waals surface area contributed by atoms with Gasteiger partial charge >= 0.3 is 0 Å². The number of hydrogen-bond donors (Lipinski definition) is 2. The minimum absolute atomic E-state index is 0.0174. The van der Waals surface area contributed by atoms with Crippen LogP contribution in [0, 0.1) is 12.7 Å². The molecule has 3 N–H and O–H groups in total. The fourth-order valence-corrected chi connectivity index (χ4v) is 4.21. The quantitative estimate of drug-likeness (QED) is 0.868. The minimum Gasteiger partial charge on any atom is -0.326 e. The molecule has 0 bridgehead atoms. The average Bonchev–Trinajstić information content (AvgIpc) is 2.41. The molecule has 1 heterocycles. The normalized spacial score (nSPS) is 20.7. The van der Waals surface area contributed by atoms with Crippen molar-refractivity contribution in [2.75, 3.05) is 20.1 Å². The van der Waals surface area contributed by atoms with Gasteiger partial charge in [0, 0.05) is 24.7 Å². The third kappa shape index (κ3) is 3.79. The maximum atomic E-state index is 13.8. The zero-order valence-electron chi connectivity index (χ0n) is 12.4. The highest BCUT2D eigenvalue weighted by molar-refractivity contribution is 7.89. The van der Waals surface area contributed by atoms with E-state index in [1.807, 2.05) is 7.05 Å². The van der Waals surface area contributed by atoms with E-state index in [0.717, 1.165) is 19.4 Å². The van der Waals surface area contributed by atoms with E-state index in [2.05, 4.69) is 9.62 Å². The van der Waals surface area contributed by atoms with Crippen molar-refractivity contribution < 1.29 is 12.8 Å². The van der Waals surface area contributed by atoms with Gasteiger partial charge in [0.05, 0.1) is 4.90 Å². The first-order valence-corrected chi connectivity index (χ1v) is 8.52. The summed E-state index contributed by atoms with van der Waals surface area (Å²) >= 11 is 0. The lowest BCUT2D eigenvalue weighted by molar-refractivity contribution is 0.242. The molecule has 0 amide bonds. The third-order valence-electron chi connectivity index (χ3n) is 3.83. The van der Waals surface area contributed by atoms with E-state index in [4.69, 9.17) is 5.73 Å². The Morgan fingerprint density at radius 1 is 1.48 bits per heavy atom. The van der Waals surface area contributed by atoms with Crippen molar-refractivity contribution in [2.45, 2.75) is 37.2 Å². The molecule has 1 aliphatic heterocycles. The van der Waals surface area contributed by atoms with Gasteiger partial charge in [-0.2, -0.15) is 0 Å². The molecule has 7 heteroatoms. The first-order chi connectivity index (χ1) is 9.83. The van der Waals surface area contributed by atoms with Gasteiger partial charge in [-0.15, -0.1) is 0 Å². The van der Waals surface area contributed by atoms with Crippen LogP contribution in [0.1, 0.15) is 24.0 Å². The number of nitrogens with two attached hydrogens (primary N) is 1. The predicted molar refractivity (Wildman–Crippen MR) is 79.9 cm³/mol. The first kappa shape index (κ1) is 16.4. The Hall–Kier alpha value is -1.02. The van der Waals surface area contributed by atoms with Crippen molar-refractivity contribution in [3.63, 3.8) is 0 Å². The molecule has 1 atom stereocenters. The summed E-state index contributed by atoms with van der Waals surface area (Å²) < 4.78 is 41.5. The Labute approximate surface area is 125 Å². The summed E-state index contributed by atoms with van der Waals surface area (Å²) in [5.74, 6) is -0.543. The summed E-state index contributed by atoms with van der Waals surface area (Å²) in [6.07, 6.45) is 1.74. The number of likely N-dealkylation sites (N-methyl/N-ethyl adjacent to an activating group) is 1. The fourth-order valence-electron chi connectivity index (χ4n) is 2.65. The lowest BCUT2D eigenvalue weighted by Gasteiger charge is -2.30. The number of rotatable bonds is 4. The molecular weight excluding hydrogens is 293 g/mol. The van der Waals surface area contributed by atoms with Gasteiger partial charge in [0.25, 0.3) is 0 Å². The fraction of sp³-hybridized carbons (Fsp3) is 0.571. The SMILES string of the molecule is Cc1c(F)cc(CN)cc1S(=O)(=O)NC1CCCN(C)C1. The van der Waals surface area contributed by atoms with Gasteiger partial charge in [-0.3, -0.25) is 0 Å². The Bertz CT molecular complexity index is 619. The molecule has 1 aromatic rings. The predicted octanol–water partition coefficient (Wildman–Crippen LogP) is 0.965. The van der Waals surface area contributed by atoms with Gasteiger partial charge in [-0.25, -0.2) is 17.5 Å². The molecule has 5 nitrogen and oxygen atoms in total. The molecule has 1 aromatic carbocycles. The van der Waals surface area contributed by atoms with Crippen molar-refractivity contribution in [3.05, 3.63) is 29.1 Å². The largest absolute Gasteiger partial charge is 0.326 e. The molecule has 0 spiro atoms. The monoisotopic (exact) mass is 315 g/mol. The number of halogens is 1. The molecule has 0 aromatic heterocycles. The molecule has 2 rings (SSSR count). The van der Waals surface area contributed by atoms with Gasteiger partial charge in [-0.05, 0) is 51.1 Å². The van der Waals surface area contributed by atoms with Crippen LogP contribution in [0.25, 0.3) is 0 Å². The summed E-state index contributed by atoms with van der Waals surface area (Å²) in [7, 11) is -1.78. The number of hydrogen-bond acceptors (Lipinski definition) is 4. The van der Waals surface area contributed by atoms with E-state index in [1.54, 1.807) is 0 Å². The second-order valence-corrected chi connectivity index (χ2v) is 7.31. The van der Waals surface area contributed by atoms with Gasteiger partial charge < -0.3 is 10.6 Å². The van der Waals surface area contributed by atoms with Gasteiger partial charge in [-0.1, -0.05) is 0 Å². The van der Waals surface area contributed by atoms with Crippen molar-refractivity contribution in [3.8, 4) is 0 Å². The zero-order valence-corrected chi connectivity index (χ0v) is 13.2. The number of benzene rings is 1. The maximum Gasteiger partial charge on any atom is 0.241 e. The van der Waals surface area contributed by atoms with E-state index in [1.165, 1.54) is 19.1 Å².